The maximum Gasteiger partial charge on any atom is 0.256 e. The molecule has 3 aromatic rings. The molecule has 4 rings (SSSR count). The summed E-state index contributed by atoms with van der Waals surface area (Å²) in [7, 11) is 0. The Morgan fingerprint density at radius 1 is 0.931 bits per heavy atom. The molecular formula is C23H24FN3O2. The standard InChI is InChI=1S/C23H24FN3O2/c24-20-8-3-1-7-19(20)23(29)27-13-5-12-26(14-15-27)22(28)11-10-17-16-25-21-9-4-2-6-18(17)21/h1-4,6-9,16,25H,5,10-15H2. The van der Waals surface area contributed by atoms with Crippen LogP contribution < -0.4 is 0 Å². The van der Waals surface area contributed by atoms with Crippen LogP contribution in [0.1, 0.15) is 28.8 Å². The number of aromatic nitrogens is 1. The summed E-state index contributed by atoms with van der Waals surface area (Å²) in [6, 6.07) is 14.1. The Kier molecular flexibility index (Phi) is 5.60. The zero-order valence-corrected chi connectivity index (χ0v) is 16.2. The van der Waals surface area contributed by atoms with E-state index in [0.29, 0.717) is 45.4 Å². The van der Waals surface area contributed by atoms with Crippen LogP contribution in [0, 0.1) is 5.82 Å². The van der Waals surface area contributed by atoms with E-state index >= 15 is 0 Å². The molecule has 0 saturated carbocycles. The van der Waals surface area contributed by atoms with Gasteiger partial charge in [-0.3, -0.25) is 9.59 Å². The summed E-state index contributed by atoms with van der Waals surface area (Å²) in [6.45, 7) is 2.05. The van der Waals surface area contributed by atoms with Gasteiger partial charge < -0.3 is 14.8 Å². The maximum absolute atomic E-state index is 13.9. The molecule has 1 saturated heterocycles. The molecule has 6 heteroatoms. The monoisotopic (exact) mass is 393 g/mol. The summed E-state index contributed by atoms with van der Waals surface area (Å²) in [5, 5.41) is 1.15. The van der Waals surface area contributed by atoms with Crippen LogP contribution in [0.25, 0.3) is 10.9 Å². The third-order valence-electron chi connectivity index (χ3n) is 5.52. The zero-order valence-electron chi connectivity index (χ0n) is 16.2. The van der Waals surface area contributed by atoms with Gasteiger partial charge in [-0.2, -0.15) is 0 Å². The second-order valence-corrected chi connectivity index (χ2v) is 7.37. The number of carbonyl (C=O) groups is 2. The fourth-order valence-electron chi connectivity index (χ4n) is 3.91. The lowest BCUT2D eigenvalue weighted by Crippen LogP contribution is -2.37. The molecule has 1 aliphatic rings. The SMILES string of the molecule is O=C(CCc1c[nH]c2ccccc12)N1CCCN(C(=O)c2ccccc2F)CC1. The highest BCUT2D eigenvalue weighted by Gasteiger charge is 2.24. The van der Waals surface area contributed by atoms with E-state index < -0.39 is 5.82 Å². The fraction of sp³-hybridized carbons (Fsp3) is 0.304. The third kappa shape index (κ3) is 4.16. The quantitative estimate of drug-likeness (QED) is 0.736. The average Bonchev–Trinajstić information content (AvgIpc) is 2.99. The molecule has 29 heavy (non-hydrogen) atoms. The zero-order chi connectivity index (χ0) is 20.2. The first-order valence-electron chi connectivity index (χ1n) is 10.00. The van der Waals surface area contributed by atoms with Crippen molar-refractivity contribution in [2.45, 2.75) is 19.3 Å². The van der Waals surface area contributed by atoms with Gasteiger partial charge in [0, 0.05) is 49.7 Å². The molecule has 0 radical (unpaired) electrons. The van der Waals surface area contributed by atoms with E-state index in [4.69, 9.17) is 0 Å². The molecule has 0 atom stereocenters. The van der Waals surface area contributed by atoms with Crippen molar-refractivity contribution in [2.75, 3.05) is 26.2 Å². The van der Waals surface area contributed by atoms with Crippen molar-refractivity contribution < 1.29 is 14.0 Å². The molecule has 1 N–H and O–H groups in total. The molecule has 0 spiro atoms. The molecule has 1 aromatic heterocycles. The Morgan fingerprint density at radius 3 is 2.52 bits per heavy atom. The Balaban J connectivity index is 1.35. The van der Waals surface area contributed by atoms with E-state index in [9.17, 15) is 14.0 Å². The summed E-state index contributed by atoms with van der Waals surface area (Å²) >= 11 is 0. The van der Waals surface area contributed by atoms with Gasteiger partial charge in [0.15, 0.2) is 0 Å². The summed E-state index contributed by atoms with van der Waals surface area (Å²) in [4.78, 5) is 32.1. The molecule has 2 heterocycles. The van der Waals surface area contributed by atoms with Crippen LogP contribution in [0.5, 0.6) is 0 Å². The molecule has 1 fully saturated rings. The number of para-hydroxylation sites is 1. The van der Waals surface area contributed by atoms with E-state index in [0.717, 1.165) is 16.5 Å². The molecule has 1 aliphatic heterocycles. The van der Waals surface area contributed by atoms with E-state index in [1.54, 1.807) is 17.0 Å². The predicted molar refractivity (Wildman–Crippen MR) is 110 cm³/mol. The number of aryl methyl sites for hydroxylation is 1. The van der Waals surface area contributed by atoms with Gasteiger partial charge in [-0.05, 0) is 36.6 Å². The van der Waals surface area contributed by atoms with Gasteiger partial charge in [0.2, 0.25) is 5.91 Å². The first-order valence-corrected chi connectivity index (χ1v) is 10.00. The number of H-pyrrole nitrogens is 1. The maximum atomic E-state index is 13.9. The largest absolute Gasteiger partial charge is 0.361 e. The van der Waals surface area contributed by atoms with Crippen molar-refractivity contribution in [1.29, 1.82) is 0 Å². The van der Waals surface area contributed by atoms with Crippen molar-refractivity contribution in [3.05, 3.63) is 71.7 Å². The molecule has 0 unspecified atom stereocenters. The van der Waals surface area contributed by atoms with Crippen molar-refractivity contribution in [2.24, 2.45) is 0 Å². The molecule has 5 nitrogen and oxygen atoms in total. The Hall–Kier alpha value is -3.15. The normalized spacial score (nSPS) is 14.8. The third-order valence-corrected chi connectivity index (χ3v) is 5.52. The smallest absolute Gasteiger partial charge is 0.256 e. The summed E-state index contributed by atoms with van der Waals surface area (Å²) in [6.07, 6.45) is 3.77. The van der Waals surface area contributed by atoms with Crippen LogP contribution >= 0.6 is 0 Å². The minimum Gasteiger partial charge on any atom is -0.361 e. The molecule has 0 bridgehead atoms. The fourth-order valence-corrected chi connectivity index (χ4v) is 3.91. The van der Waals surface area contributed by atoms with Gasteiger partial charge in [0.05, 0.1) is 5.56 Å². The lowest BCUT2D eigenvalue weighted by atomic mass is 10.1. The van der Waals surface area contributed by atoms with E-state index in [2.05, 4.69) is 11.1 Å². The number of hydrogen-bond donors (Lipinski definition) is 1. The number of nitrogens with zero attached hydrogens (tertiary/aromatic N) is 2. The van der Waals surface area contributed by atoms with Gasteiger partial charge in [-0.25, -0.2) is 4.39 Å². The van der Waals surface area contributed by atoms with Crippen LogP contribution in [0.15, 0.2) is 54.7 Å². The number of hydrogen-bond acceptors (Lipinski definition) is 2. The number of aromatic amines is 1. The van der Waals surface area contributed by atoms with E-state index in [-0.39, 0.29) is 17.4 Å². The van der Waals surface area contributed by atoms with Gasteiger partial charge >= 0.3 is 0 Å². The highest BCUT2D eigenvalue weighted by Crippen LogP contribution is 2.20. The van der Waals surface area contributed by atoms with Crippen LogP contribution in [-0.4, -0.2) is 52.8 Å². The minimum atomic E-state index is -0.506. The van der Waals surface area contributed by atoms with Gasteiger partial charge in [0.25, 0.3) is 5.91 Å². The summed E-state index contributed by atoms with van der Waals surface area (Å²) < 4.78 is 13.9. The highest BCUT2D eigenvalue weighted by atomic mass is 19.1. The van der Waals surface area contributed by atoms with Crippen LogP contribution in [-0.2, 0) is 11.2 Å². The van der Waals surface area contributed by atoms with Crippen molar-refractivity contribution in [3.8, 4) is 0 Å². The Labute approximate surface area is 169 Å². The van der Waals surface area contributed by atoms with Crippen LogP contribution in [0.4, 0.5) is 4.39 Å². The lowest BCUT2D eigenvalue weighted by Gasteiger charge is -2.22. The van der Waals surface area contributed by atoms with Gasteiger partial charge in [0.1, 0.15) is 5.82 Å². The van der Waals surface area contributed by atoms with Crippen molar-refractivity contribution >= 4 is 22.7 Å². The molecular weight excluding hydrogens is 369 g/mol. The molecule has 2 aromatic carbocycles. The van der Waals surface area contributed by atoms with Crippen molar-refractivity contribution in [1.82, 2.24) is 14.8 Å². The number of rotatable bonds is 4. The number of nitrogens with one attached hydrogen (secondary N) is 1. The van der Waals surface area contributed by atoms with Gasteiger partial charge in [-0.15, -0.1) is 0 Å². The number of benzene rings is 2. The summed E-state index contributed by atoms with van der Waals surface area (Å²) in [5.41, 5.74) is 2.30. The van der Waals surface area contributed by atoms with Crippen LogP contribution in [0.2, 0.25) is 0 Å². The number of fused-ring (bicyclic) bond motifs is 1. The number of halogens is 1. The topological polar surface area (TPSA) is 56.4 Å². The van der Waals surface area contributed by atoms with Crippen LogP contribution in [0.3, 0.4) is 0 Å². The Morgan fingerprint density at radius 2 is 1.66 bits per heavy atom. The average molecular weight is 393 g/mol. The van der Waals surface area contributed by atoms with Crippen molar-refractivity contribution in [3.63, 3.8) is 0 Å². The highest BCUT2D eigenvalue weighted by molar-refractivity contribution is 5.94. The van der Waals surface area contributed by atoms with E-state index in [1.807, 2.05) is 29.3 Å². The first-order chi connectivity index (χ1) is 14.1. The lowest BCUT2D eigenvalue weighted by molar-refractivity contribution is -0.131. The first kappa shape index (κ1) is 19.2. The second kappa shape index (κ2) is 8.47. The summed E-state index contributed by atoms with van der Waals surface area (Å²) in [5.74, 6) is -0.722. The predicted octanol–water partition coefficient (Wildman–Crippen LogP) is 3.61. The Bertz CT molecular complexity index is 1030. The van der Waals surface area contributed by atoms with E-state index in [1.165, 1.54) is 12.1 Å². The van der Waals surface area contributed by atoms with Gasteiger partial charge in [-0.1, -0.05) is 30.3 Å². The number of carbonyl (C=O) groups excluding carboxylic acids is 2. The number of amides is 2. The minimum absolute atomic E-state index is 0.0895. The molecule has 2 amide bonds. The molecule has 150 valence electrons. The second-order valence-electron chi connectivity index (χ2n) is 7.37. The molecule has 0 aliphatic carbocycles.